The van der Waals surface area contributed by atoms with E-state index in [1.54, 1.807) is 36.4 Å². The maximum Gasteiger partial charge on any atom is 0.414 e. The van der Waals surface area contributed by atoms with Crippen LogP contribution in [0.4, 0.5) is 19.3 Å². The number of nitrogens with zero attached hydrogens (tertiary/aromatic N) is 3. The molecule has 12 nitrogen and oxygen atoms in total. The van der Waals surface area contributed by atoms with E-state index in [9.17, 15) is 23.6 Å². The zero-order chi connectivity index (χ0) is 38.9. The number of hydrogen-bond acceptors (Lipinski definition) is 10. The number of anilines is 1. The third-order valence-corrected chi connectivity index (χ3v) is 10.9. The van der Waals surface area contributed by atoms with Gasteiger partial charge in [-0.25, -0.2) is 18.4 Å². The average molecular weight is 809 g/mol. The van der Waals surface area contributed by atoms with E-state index >= 15 is 0 Å². The van der Waals surface area contributed by atoms with Crippen LogP contribution in [0.1, 0.15) is 56.6 Å². The molecule has 4 aromatic rings. The second kappa shape index (κ2) is 18.6. The molecule has 3 aliphatic heterocycles. The summed E-state index contributed by atoms with van der Waals surface area (Å²) in [6, 6.07) is 13.9. The van der Waals surface area contributed by atoms with Crippen molar-refractivity contribution in [3.63, 3.8) is 0 Å². The number of carbonyl (C=O) groups excluding carboxylic acids is 2. The molecule has 17 heteroatoms. The van der Waals surface area contributed by atoms with Crippen LogP contribution in [0, 0.1) is 11.1 Å². The summed E-state index contributed by atoms with van der Waals surface area (Å²) in [5.41, 5.74) is 0.965. The molecule has 3 fully saturated rings. The first kappa shape index (κ1) is 40.5. The van der Waals surface area contributed by atoms with E-state index in [0.717, 1.165) is 49.7 Å². The number of amides is 1. The lowest BCUT2D eigenvalue weighted by Crippen LogP contribution is -2.53. The Kier molecular flexibility index (Phi) is 13.9. The molecule has 288 valence electrons. The number of benzene rings is 2. The van der Waals surface area contributed by atoms with Gasteiger partial charge in [0.1, 0.15) is 27.1 Å². The van der Waals surface area contributed by atoms with Crippen LogP contribution in [-0.4, -0.2) is 68.5 Å². The van der Waals surface area contributed by atoms with Crippen LogP contribution in [0.2, 0.25) is 10.0 Å². The Bertz CT molecular complexity index is 1920. The molecular weight excluding hydrogens is 771 g/mol. The molecule has 2 bridgehead atoms. The molecule has 3 aliphatic rings. The molecule has 7 rings (SSSR count). The van der Waals surface area contributed by atoms with Gasteiger partial charge in [0, 0.05) is 34.7 Å². The molecule has 2 atom stereocenters. The summed E-state index contributed by atoms with van der Waals surface area (Å²) < 4.78 is 50.7. The quantitative estimate of drug-likeness (QED) is 0.0655. The van der Waals surface area contributed by atoms with Crippen molar-refractivity contribution in [2.24, 2.45) is 5.92 Å². The van der Waals surface area contributed by atoms with Crippen LogP contribution >= 0.6 is 34.5 Å². The molecule has 1 N–H and O–H groups in total. The van der Waals surface area contributed by atoms with Crippen molar-refractivity contribution in [3.8, 4) is 11.5 Å². The minimum Gasteiger partial charge on any atom is -0.619 e. The number of carboxylic acid groups (broad SMARTS) is 1. The number of esters is 1. The van der Waals surface area contributed by atoms with Crippen LogP contribution in [0.3, 0.4) is 0 Å². The summed E-state index contributed by atoms with van der Waals surface area (Å²) in [5, 5.41) is 19.0. The van der Waals surface area contributed by atoms with Crippen molar-refractivity contribution in [1.29, 1.82) is 0 Å². The highest BCUT2D eigenvalue weighted by Crippen LogP contribution is 2.37. The van der Waals surface area contributed by atoms with Gasteiger partial charge >= 0.3 is 12.1 Å². The Labute approximate surface area is 323 Å². The lowest BCUT2D eigenvalue weighted by atomic mass is 9.86. The first-order valence-electron chi connectivity index (χ1n) is 16.7. The fraction of sp³-hybridized carbons (Fsp3) is 0.351. The standard InChI is InChI=1S/C36H35Cl2F2N3O7S.CH2O2/c1-47-29-8-6-22(15-31(29)48-2)30(16-26-27(37)18-42(46)19-28(26)38)49-35(44)33-9-7-25(51-33)17-43(24-5-3-4-23(14-24)34(39)40)36(45)50-32-20-41-12-10-21(32)11-13-41;2-1-3/h3-9,14-15,18-19,21,30,32,34H,10-13,16-17,20H2,1-2H3;1H,(H,2,3)/t30-,32-;/m0./s1. The first-order valence-corrected chi connectivity index (χ1v) is 18.3. The molecule has 1 amide bonds. The van der Waals surface area contributed by atoms with E-state index in [4.69, 9.17) is 52.1 Å². The maximum absolute atomic E-state index is 13.7. The van der Waals surface area contributed by atoms with Gasteiger partial charge in [0.05, 0.1) is 20.8 Å². The summed E-state index contributed by atoms with van der Waals surface area (Å²) in [6.07, 6.45) is -0.397. The number of carbonyl (C=O) groups is 3. The third kappa shape index (κ3) is 9.88. The number of hydrogen-bond donors (Lipinski definition) is 1. The highest BCUT2D eigenvalue weighted by atomic mass is 35.5. The van der Waals surface area contributed by atoms with Crippen molar-refractivity contribution in [2.45, 2.75) is 44.4 Å². The fourth-order valence-corrected chi connectivity index (χ4v) is 7.91. The van der Waals surface area contributed by atoms with E-state index in [2.05, 4.69) is 4.90 Å². The molecule has 2 aromatic heterocycles. The number of pyridine rings is 1. The van der Waals surface area contributed by atoms with Crippen molar-refractivity contribution < 1.29 is 51.9 Å². The number of rotatable bonds is 12. The van der Waals surface area contributed by atoms with Gasteiger partial charge in [0.2, 0.25) is 0 Å². The number of fused-ring (bicyclic) bond motifs is 3. The Balaban J connectivity index is 0.00000181. The highest BCUT2D eigenvalue weighted by Gasteiger charge is 2.38. The topological polar surface area (TPSA) is 142 Å². The summed E-state index contributed by atoms with van der Waals surface area (Å²) in [4.78, 5) is 40.2. The Morgan fingerprint density at radius 3 is 2.33 bits per heavy atom. The molecule has 0 radical (unpaired) electrons. The monoisotopic (exact) mass is 807 g/mol. The highest BCUT2D eigenvalue weighted by molar-refractivity contribution is 7.14. The van der Waals surface area contributed by atoms with E-state index in [1.807, 2.05) is 0 Å². The normalized spacial score (nSPS) is 17.9. The Hall–Kier alpha value is -4.70. The van der Waals surface area contributed by atoms with Gasteiger partial charge in [0.25, 0.3) is 12.9 Å². The molecule has 54 heavy (non-hydrogen) atoms. The third-order valence-electron chi connectivity index (χ3n) is 9.16. The largest absolute Gasteiger partial charge is 0.619 e. The van der Waals surface area contributed by atoms with Gasteiger partial charge in [0.15, 0.2) is 23.9 Å². The summed E-state index contributed by atoms with van der Waals surface area (Å²) >= 11 is 13.9. The van der Waals surface area contributed by atoms with E-state index in [-0.39, 0.29) is 57.6 Å². The van der Waals surface area contributed by atoms with Crippen LogP contribution in [0.5, 0.6) is 11.5 Å². The van der Waals surface area contributed by atoms with Crippen molar-refractivity contribution in [1.82, 2.24) is 4.90 Å². The van der Waals surface area contributed by atoms with E-state index < -0.39 is 24.6 Å². The van der Waals surface area contributed by atoms with Crippen LogP contribution < -0.4 is 19.1 Å². The van der Waals surface area contributed by atoms with Gasteiger partial charge in [-0.1, -0.05) is 41.4 Å². The van der Waals surface area contributed by atoms with Gasteiger partial charge in [-0.05, 0) is 73.8 Å². The second-order valence-electron chi connectivity index (χ2n) is 12.4. The first-order chi connectivity index (χ1) is 25.9. The lowest BCUT2D eigenvalue weighted by Gasteiger charge is -2.44. The van der Waals surface area contributed by atoms with Crippen molar-refractivity contribution >= 4 is 58.8 Å². The van der Waals surface area contributed by atoms with Crippen molar-refractivity contribution in [3.05, 3.63) is 109 Å². The summed E-state index contributed by atoms with van der Waals surface area (Å²) in [6.45, 7) is 2.28. The van der Waals surface area contributed by atoms with Gasteiger partial charge in [-0.15, -0.1) is 11.3 Å². The van der Waals surface area contributed by atoms with Crippen LogP contribution in [-0.2, 0) is 27.2 Å². The SMILES string of the molecule is COc1ccc([C@H](Cc2c(Cl)c[n+]([O-])cc2Cl)OC(=O)c2ccc(CN(C(=O)O[C@H]3CN4CCC3CC4)c3cccc(C(F)F)c3)s2)cc1OC.O=CO. The maximum atomic E-state index is 13.7. The molecule has 5 heterocycles. The number of piperidine rings is 3. The number of thiophene rings is 1. The molecule has 0 aliphatic carbocycles. The summed E-state index contributed by atoms with van der Waals surface area (Å²) in [5.74, 6) is 0.442. The predicted octanol–water partition coefficient (Wildman–Crippen LogP) is 7.72. The van der Waals surface area contributed by atoms with Crippen molar-refractivity contribution in [2.75, 3.05) is 38.8 Å². The summed E-state index contributed by atoms with van der Waals surface area (Å²) in [7, 11) is 2.98. The van der Waals surface area contributed by atoms with Gasteiger partial charge in [-0.2, -0.15) is 4.73 Å². The molecule has 0 saturated carbocycles. The smallest absolute Gasteiger partial charge is 0.414 e. The number of ether oxygens (including phenoxy) is 4. The minimum absolute atomic E-state index is 0.0254. The number of alkyl halides is 2. The zero-order valence-electron chi connectivity index (χ0n) is 29.2. The molecule has 3 saturated heterocycles. The van der Waals surface area contributed by atoms with Crippen LogP contribution in [0.25, 0.3) is 0 Å². The molecular formula is C37H37Cl2F2N3O9S. The number of aromatic nitrogens is 1. The number of halogens is 4. The fourth-order valence-electron chi connectivity index (χ4n) is 6.43. The van der Waals surface area contributed by atoms with E-state index in [1.165, 1.54) is 37.3 Å². The van der Waals surface area contributed by atoms with E-state index in [0.29, 0.717) is 38.8 Å². The minimum atomic E-state index is -2.73. The molecule has 0 spiro atoms. The molecule has 0 unspecified atom stereocenters. The lowest BCUT2D eigenvalue weighted by molar-refractivity contribution is -0.605. The molecule has 2 aromatic carbocycles. The zero-order valence-corrected chi connectivity index (χ0v) is 31.5. The van der Waals surface area contributed by atoms with Crippen LogP contribution in [0.15, 0.2) is 67.0 Å². The Morgan fingerprint density at radius 1 is 1.04 bits per heavy atom. The van der Waals surface area contributed by atoms with Gasteiger partial charge in [-0.3, -0.25) is 14.6 Å². The second-order valence-corrected chi connectivity index (χ2v) is 14.4. The Morgan fingerprint density at radius 2 is 1.72 bits per heavy atom. The number of methoxy groups -OCH3 is 2. The predicted molar refractivity (Wildman–Crippen MR) is 197 cm³/mol. The average Bonchev–Trinajstić information content (AvgIpc) is 3.64. The van der Waals surface area contributed by atoms with Gasteiger partial charge < -0.3 is 29.3 Å².